The van der Waals surface area contributed by atoms with Crippen molar-refractivity contribution in [2.45, 2.75) is 38.8 Å². The average Bonchev–Trinajstić information content (AvgIpc) is 2.98. The van der Waals surface area contributed by atoms with E-state index in [1.54, 1.807) is 17.0 Å². The number of carbonyl (C=O) groups is 2. The topological polar surface area (TPSA) is 76.3 Å². The van der Waals surface area contributed by atoms with Crippen molar-refractivity contribution in [1.29, 1.82) is 0 Å². The van der Waals surface area contributed by atoms with E-state index in [0.717, 1.165) is 5.01 Å². The summed E-state index contributed by atoms with van der Waals surface area (Å²) in [4.78, 5) is 31.8. The molecule has 0 spiro atoms. The number of primary amides is 1. The molecule has 1 aromatic carbocycles. The first-order valence-electron chi connectivity index (χ1n) is 8.19. The van der Waals surface area contributed by atoms with Gasteiger partial charge in [0.05, 0.1) is 15.3 Å². The Morgan fingerprint density at radius 1 is 1.40 bits per heavy atom. The lowest BCUT2D eigenvalue weighted by Crippen LogP contribution is -2.37. The van der Waals surface area contributed by atoms with Gasteiger partial charge in [0.1, 0.15) is 11.5 Å². The number of benzene rings is 1. The Balaban J connectivity index is 1.72. The van der Waals surface area contributed by atoms with Crippen molar-refractivity contribution in [1.82, 2.24) is 9.88 Å². The van der Waals surface area contributed by atoms with E-state index in [1.807, 2.05) is 13.8 Å². The maximum atomic E-state index is 13.6. The maximum absolute atomic E-state index is 13.6. The molecule has 5 nitrogen and oxygen atoms in total. The largest absolute Gasteiger partial charge is 0.369 e. The van der Waals surface area contributed by atoms with Gasteiger partial charge in [-0.1, -0.05) is 12.1 Å². The zero-order valence-corrected chi connectivity index (χ0v) is 14.8. The summed E-state index contributed by atoms with van der Waals surface area (Å²) in [7, 11) is 0. The fourth-order valence-corrected chi connectivity index (χ4v) is 4.94. The molecule has 2 aromatic rings. The number of likely N-dealkylation sites (tertiary alicyclic amines) is 1. The van der Waals surface area contributed by atoms with Gasteiger partial charge in [0.15, 0.2) is 0 Å². The van der Waals surface area contributed by atoms with E-state index in [-0.39, 0.29) is 29.7 Å². The summed E-state index contributed by atoms with van der Waals surface area (Å²) < 4.78 is 13.6. The Bertz CT molecular complexity index is 896. The highest BCUT2D eigenvalue weighted by molar-refractivity contribution is 7.15. The molecule has 2 amide bonds. The number of hydrogen-bond donors (Lipinski definition) is 1. The lowest BCUT2D eigenvalue weighted by molar-refractivity contribution is -0.123. The third-order valence-electron chi connectivity index (χ3n) is 5.25. The molecule has 2 fully saturated rings. The number of nitrogens with zero attached hydrogens (tertiary/aromatic N) is 2. The van der Waals surface area contributed by atoms with E-state index < -0.39 is 5.41 Å². The van der Waals surface area contributed by atoms with Gasteiger partial charge < -0.3 is 10.6 Å². The van der Waals surface area contributed by atoms with Gasteiger partial charge in [0, 0.05) is 12.1 Å². The van der Waals surface area contributed by atoms with Gasteiger partial charge in [-0.25, -0.2) is 9.37 Å². The van der Waals surface area contributed by atoms with Gasteiger partial charge in [-0.2, -0.15) is 0 Å². The summed E-state index contributed by atoms with van der Waals surface area (Å²) in [6.45, 7) is 3.75. The van der Waals surface area contributed by atoms with Crippen molar-refractivity contribution in [2.75, 3.05) is 0 Å². The summed E-state index contributed by atoms with van der Waals surface area (Å²) >= 11 is 1.37. The Labute approximate surface area is 148 Å². The molecule has 1 saturated heterocycles. The van der Waals surface area contributed by atoms with E-state index in [2.05, 4.69) is 4.98 Å². The summed E-state index contributed by atoms with van der Waals surface area (Å²) in [6, 6.07) is 5.95. The predicted octanol–water partition coefficient (Wildman–Crippen LogP) is 2.74. The number of thiazole rings is 1. The molecule has 1 aromatic heterocycles. The Morgan fingerprint density at radius 3 is 2.80 bits per heavy atom. The first-order valence-corrected chi connectivity index (χ1v) is 9.01. The molecule has 25 heavy (non-hydrogen) atoms. The van der Waals surface area contributed by atoms with Crippen LogP contribution in [0.25, 0.3) is 10.4 Å². The van der Waals surface area contributed by atoms with E-state index in [0.29, 0.717) is 29.0 Å². The summed E-state index contributed by atoms with van der Waals surface area (Å²) in [6.07, 6.45) is 1.22. The second kappa shape index (κ2) is 5.36. The molecular weight excluding hydrogens is 341 g/mol. The van der Waals surface area contributed by atoms with E-state index >= 15 is 0 Å². The molecule has 7 heteroatoms. The van der Waals surface area contributed by atoms with Crippen molar-refractivity contribution in [2.24, 2.45) is 11.1 Å². The molecule has 1 unspecified atom stereocenters. The quantitative estimate of drug-likeness (QED) is 0.915. The Morgan fingerprint density at radius 2 is 2.16 bits per heavy atom. The Kier molecular flexibility index (Phi) is 3.47. The van der Waals surface area contributed by atoms with Crippen LogP contribution >= 0.6 is 11.3 Å². The zero-order chi connectivity index (χ0) is 17.9. The molecule has 2 N–H and O–H groups in total. The van der Waals surface area contributed by atoms with E-state index in [9.17, 15) is 14.0 Å². The number of amides is 2. The maximum Gasteiger partial charge on any atom is 0.274 e. The van der Waals surface area contributed by atoms with Crippen molar-refractivity contribution < 1.29 is 14.0 Å². The van der Waals surface area contributed by atoms with Crippen molar-refractivity contribution in [3.8, 4) is 10.4 Å². The average molecular weight is 359 g/mol. The first kappa shape index (κ1) is 16.2. The molecule has 130 valence electrons. The number of carbonyl (C=O) groups excluding carboxylic acids is 2. The molecular formula is C18H18FN3O2S. The smallest absolute Gasteiger partial charge is 0.274 e. The van der Waals surface area contributed by atoms with Gasteiger partial charge in [-0.15, -0.1) is 11.3 Å². The zero-order valence-electron chi connectivity index (χ0n) is 14.0. The fraction of sp³-hybridized carbons (Fsp3) is 0.389. The fourth-order valence-electron chi connectivity index (χ4n) is 4.03. The lowest BCUT2D eigenvalue weighted by atomic mass is 10.00. The summed E-state index contributed by atoms with van der Waals surface area (Å²) in [5.41, 5.74) is 5.94. The highest BCUT2D eigenvalue weighted by atomic mass is 32.1. The highest BCUT2D eigenvalue weighted by Crippen LogP contribution is 2.59. The third-order valence-corrected chi connectivity index (χ3v) is 6.27. The SMILES string of the molecule is Cc1nc(C(=O)N2[C@H]3CC3(C(N)=O)C[C@@H]2C)c(-c2cccc(F)c2)s1. The number of hydrogen-bond acceptors (Lipinski definition) is 4. The van der Waals surface area contributed by atoms with Crippen LogP contribution in [-0.4, -0.2) is 33.8 Å². The van der Waals surface area contributed by atoms with Gasteiger partial charge in [-0.05, 0) is 44.4 Å². The van der Waals surface area contributed by atoms with E-state index in [4.69, 9.17) is 5.73 Å². The lowest BCUT2D eigenvalue weighted by Gasteiger charge is -2.24. The number of aromatic nitrogens is 1. The van der Waals surface area contributed by atoms with Crippen LogP contribution in [-0.2, 0) is 4.79 Å². The minimum absolute atomic E-state index is 0.0684. The first-order chi connectivity index (χ1) is 11.8. The van der Waals surface area contributed by atoms with Crippen molar-refractivity contribution >= 4 is 23.2 Å². The molecule has 4 rings (SSSR count). The molecule has 0 radical (unpaired) electrons. The minimum atomic E-state index is -0.570. The highest BCUT2D eigenvalue weighted by Gasteiger charge is 2.68. The van der Waals surface area contributed by atoms with Crippen molar-refractivity contribution in [3.63, 3.8) is 0 Å². The third kappa shape index (κ3) is 2.37. The second-order valence-corrected chi connectivity index (χ2v) is 8.13. The molecule has 1 aliphatic carbocycles. The van der Waals surface area contributed by atoms with Gasteiger partial charge >= 0.3 is 0 Å². The monoisotopic (exact) mass is 359 g/mol. The molecule has 1 saturated carbocycles. The minimum Gasteiger partial charge on any atom is -0.369 e. The number of aryl methyl sites for hydroxylation is 1. The second-order valence-electron chi connectivity index (χ2n) is 6.93. The predicted molar refractivity (Wildman–Crippen MR) is 92.5 cm³/mol. The van der Waals surface area contributed by atoms with Crippen LogP contribution in [0.4, 0.5) is 4.39 Å². The van der Waals surface area contributed by atoms with Gasteiger partial charge in [-0.3, -0.25) is 9.59 Å². The van der Waals surface area contributed by atoms with Gasteiger partial charge in [0.2, 0.25) is 5.91 Å². The van der Waals surface area contributed by atoms with Crippen LogP contribution in [0.2, 0.25) is 0 Å². The number of halogens is 1. The van der Waals surface area contributed by atoms with Crippen LogP contribution in [0, 0.1) is 18.2 Å². The van der Waals surface area contributed by atoms with E-state index in [1.165, 1.54) is 23.5 Å². The number of piperidine rings is 1. The Hall–Kier alpha value is -2.28. The van der Waals surface area contributed by atoms with Crippen LogP contribution in [0.3, 0.4) is 0 Å². The molecule has 2 aliphatic rings. The number of nitrogens with two attached hydrogens (primary N) is 1. The van der Waals surface area contributed by atoms with Crippen LogP contribution in [0.15, 0.2) is 24.3 Å². The normalized spacial score (nSPS) is 27.2. The molecule has 2 heterocycles. The number of rotatable bonds is 3. The van der Waals surface area contributed by atoms with Crippen LogP contribution < -0.4 is 5.73 Å². The number of fused-ring (bicyclic) bond motifs is 1. The van der Waals surface area contributed by atoms with Crippen LogP contribution in [0.1, 0.15) is 35.3 Å². The standard InChI is InChI=1S/C18H18FN3O2S/c1-9-7-18(17(20)24)8-13(18)22(9)16(23)14-15(25-10(2)21-14)11-4-3-5-12(19)6-11/h3-6,9,13H,7-8H2,1-2H3,(H2,20,24)/t9-,13-,18?/m0/s1. The molecule has 1 aliphatic heterocycles. The molecule has 0 bridgehead atoms. The molecule has 3 atom stereocenters. The van der Waals surface area contributed by atoms with Crippen LogP contribution in [0.5, 0.6) is 0 Å². The summed E-state index contributed by atoms with van der Waals surface area (Å²) in [5.74, 6) is -0.896. The van der Waals surface area contributed by atoms with Crippen molar-refractivity contribution in [3.05, 3.63) is 40.8 Å². The van der Waals surface area contributed by atoms with Gasteiger partial charge in [0.25, 0.3) is 5.91 Å². The summed E-state index contributed by atoms with van der Waals surface area (Å²) in [5, 5.41) is 0.742.